The number of rotatable bonds is 3. The van der Waals surface area contributed by atoms with Crippen molar-refractivity contribution < 1.29 is 13.6 Å². The van der Waals surface area contributed by atoms with Gasteiger partial charge in [-0.05, 0) is 26.2 Å². The second-order valence-electron chi connectivity index (χ2n) is 6.40. The molecule has 2 aliphatic rings. The number of amides is 1. The SMILES string of the molecule is CCn1cnc2c(c1=O)CCN(C(=O)C1(C(F)F)CCCC1)C2. The minimum atomic E-state index is -2.64. The van der Waals surface area contributed by atoms with Crippen molar-refractivity contribution in [3.63, 3.8) is 0 Å². The number of fused-ring (bicyclic) bond motifs is 1. The van der Waals surface area contributed by atoms with Gasteiger partial charge in [0.25, 0.3) is 12.0 Å². The summed E-state index contributed by atoms with van der Waals surface area (Å²) in [4.78, 5) is 30.7. The summed E-state index contributed by atoms with van der Waals surface area (Å²) < 4.78 is 28.6. The fourth-order valence-corrected chi connectivity index (χ4v) is 3.71. The van der Waals surface area contributed by atoms with Crippen LogP contribution in [0, 0.1) is 5.41 Å². The van der Waals surface area contributed by atoms with E-state index in [-0.39, 0.29) is 24.9 Å². The van der Waals surface area contributed by atoms with Gasteiger partial charge in [0.1, 0.15) is 5.41 Å². The quantitative estimate of drug-likeness (QED) is 0.854. The minimum Gasteiger partial charge on any atom is -0.336 e. The number of halogens is 2. The normalized spacial score (nSPS) is 19.9. The van der Waals surface area contributed by atoms with Crippen molar-refractivity contribution in [2.75, 3.05) is 6.54 Å². The van der Waals surface area contributed by atoms with Crippen LogP contribution in [0.5, 0.6) is 0 Å². The van der Waals surface area contributed by atoms with Gasteiger partial charge in [0.05, 0.1) is 18.6 Å². The van der Waals surface area contributed by atoms with E-state index in [0.29, 0.717) is 43.6 Å². The first-order valence-electron chi connectivity index (χ1n) is 8.14. The van der Waals surface area contributed by atoms with Crippen LogP contribution in [0.1, 0.15) is 43.9 Å². The monoisotopic (exact) mass is 325 g/mol. The molecule has 1 fully saturated rings. The molecule has 0 saturated heterocycles. The van der Waals surface area contributed by atoms with Crippen molar-refractivity contribution in [3.05, 3.63) is 27.9 Å². The van der Waals surface area contributed by atoms with E-state index in [9.17, 15) is 18.4 Å². The van der Waals surface area contributed by atoms with E-state index in [0.717, 1.165) is 0 Å². The van der Waals surface area contributed by atoms with Gasteiger partial charge >= 0.3 is 0 Å². The van der Waals surface area contributed by atoms with Crippen molar-refractivity contribution in [1.82, 2.24) is 14.5 Å². The summed E-state index contributed by atoms with van der Waals surface area (Å²) in [7, 11) is 0. The summed E-state index contributed by atoms with van der Waals surface area (Å²) in [6.07, 6.45) is 1.04. The largest absolute Gasteiger partial charge is 0.336 e. The minimum absolute atomic E-state index is 0.0889. The lowest BCUT2D eigenvalue weighted by atomic mass is 9.84. The molecule has 1 aliphatic heterocycles. The number of aryl methyl sites for hydroxylation is 1. The van der Waals surface area contributed by atoms with E-state index >= 15 is 0 Å². The molecule has 0 spiro atoms. The lowest BCUT2D eigenvalue weighted by Gasteiger charge is -2.36. The highest BCUT2D eigenvalue weighted by molar-refractivity contribution is 5.83. The van der Waals surface area contributed by atoms with E-state index in [1.807, 2.05) is 6.92 Å². The molecule has 0 bridgehead atoms. The molecule has 23 heavy (non-hydrogen) atoms. The lowest BCUT2D eigenvalue weighted by Crippen LogP contribution is -2.49. The van der Waals surface area contributed by atoms with Crippen LogP contribution in [0.15, 0.2) is 11.1 Å². The predicted octanol–water partition coefficient (Wildman–Crippen LogP) is 1.97. The van der Waals surface area contributed by atoms with Gasteiger partial charge in [-0.15, -0.1) is 0 Å². The number of carbonyl (C=O) groups is 1. The molecule has 0 N–H and O–H groups in total. The third kappa shape index (κ3) is 2.56. The Morgan fingerprint density at radius 2 is 2.09 bits per heavy atom. The van der Waals surface area contributed by atoms with E-state index in [1.165, 1.54) is 15.8 Å². The highest BCUT2D eigenvalue weighted by Gasteiger charge is 2.51. The Labute approximate surface area is 133 Å². The van der Waals surface area contributed by atoms with Gasteiger partial charge in [-0.1, -0.05) is 12.8 Å². The Hall–Kier alpha value is -1.79. The molecule has 2 heterocycles. The number of nitrogens with zero attached hydrogens (tertiary/aromatic N) is 3. The van der Waals surface area contributed by atoms with Crippen LogP contribution in [-0.4, -0.2) is 33.3 Å². The van der Waals surface area contributed by atoms with Crippen LogP contribution < -0.4 is 5.56 Å². The molecule has 5 nitrogen and oxygen atoms in total. The first-order chi connectivity index (χ1) is 11.0. The van der Waals surface area contributed by atoms with E-state index in [2.05, 4.69) is 4.98 Å². The molecule has 1 amide bonds. The second kappa shape index (κ2) is 6.02. The maximum absolute atomic E-state index is 13.5. The van der Waals surface area contributed by atoms with Crippen molar-refractivity contribution in [1.29, 1.82) is 0 Å². The first kappa shape index (κ1) is 16.1. The average molecular weight is 325 g/mol. The van der Waals surface area contributed by atoms with Gasteiger partial charge in [0, 0.05) is 18.7 Å². The van der Waals surface area contributed by atoms with Gasteiger partial charge in [-0.2, -0.15) is 0 Å². The van der Waals surface area contributed by atoms with E-state index in [4.69, 9.17) is 0 Å². The van der Waals surface area contributed by atoms with E-state index < -0.39 is 17.7 Å². The fourth-order valence-electron chi connectivity index (χ4n) is 3.71. The lowest BCUT2D eigenvalue weighted by molar-refractivity contribution is -0.153. The molecule has 1 aliphatic carbocycles. The third-order valence-corrected chi connectivity index (χ3v) is 5.16. The Bertz CT molecular complexity index is 666. The van der Waals surface area contributed by atoms with Crippen LogP contribution in [0.3, 0.4) is 0 Å². The summed E-state index contributed by atoms with van der Waals surface area (Å²) in [5, 5.41) is 0. The smallest absolute Gasteiger partial charge is 0.256 e. The van der Waals surface area contributed by atoms with Crippen molar-refractivity contribution in [2.24, 2.45) is 5.41 Å². The molecular weight excluding hydrogens is 304 g/mol. The van der Waals surface area contributed by atoms with Crippen LogP contribution in [0.2, 0.25) is 0 Å². The maximum atomic E-state index is 13.5. The second-order valence-corrected chi connectivity index (χ2v) is 6.40. The standard InChI is InChI=1S/C16H21F2N3O2/c1-2-20-10-19-12-9-21(8-5-11(12)13(20)22)15(23)16(14(17)18)6-3-4-7-16/h10,14H,2-9H2,1H3. The molecule has 3 rings (SSSR count). The van der Waals surface area contributed by atoms with Crippen LogP contribution in [0.4, 0.5) is 8.78 Å². The summed E-state index contributed by atoms with van der Waals surface area (Å²) in [6, 6.07) is 0. The molecule has 0 aromatic carbocycles. The van der Waals surface area contributed by atoms with Crippen LogP contribution >= 0.6 is 0 Å². The molecule has 7 heteroatoms. The Morgan fingerprint density at radius 1 is 1.39 bits per heavy atom. The molecule has 126 valence electrons. The number of hydrogen-bond donors (Lipinski definition) is 0. The van der Waals surface area contributed by atoms with Gasteiger partial charge < -0.3 is 4.90 Å². The van der Waals surface area contributed by atoms with Crippen molar-refractivity contribution in [3.8, 4) is 0 Å². The zero-order valence-corrected chi connectivity index (χ0v) is 13.2. The topological polar surface area (TPSA) is 55.2 Å². The molecule has 0 unspecified atom stereocenters. The predicted molar refractivity (Wildman–Crippen MR) is 80.2 cm³/mol. The van der Waals surface area contributed by atoms with Crippen molar-refractivity contribution >= 4 is 5.91 Å². The highest BCUT2D eigenvalue weighted by atomic mass is 19.3. The maximum Gasteiger partial charge on any atom is 0.256 e. The Kier molecular flexibility index (Phi) is 4.21. The summed E-state index contributed by atoms with van der Waals surface area (Å²) in [6.45, 7) is 2.87. The fraction of sp³-hybridized carbons (Fsp3) is 0.688. The number of aromatic nitrogens is 2. The van der Waals surface area contributed by atoms with Crippen LogP contribution in [0.25, 0.3) is 0 Å². The molecule has 1 saturated carbocycles. The van der Waals surface area contributed by atoms with Gasteiger partial charge in [0.2, 0.25) is 5.91 Å². The van der Waals surface area contributed by atoms with Gasteiger partial charge in [0.15, 0.2) is 0 Å². The van der Waals surface area contributed by atoms with Crippen molar-refractivity contribution in [2.45, 2.75) is 58.5 Å². The molecule has 0 radical (unpaired) electrons. The molecule has 1 aromatic heterocycles. The number of alkyl halides is 2. The molecule has 1 aromatic rings. The summed E-state index contributed by atoms with van der Waals surface area (Å²) in [5.41, 5.74) is -0.470. The number of hydrogen-bond acceptors (Lipinski definition) is 3. The van der Waals surface area contributed by atoms with Crippen LogP contribution in [-0.2, 0) is 24.3 Å². The van der Waals surface area contributed by atoms with Gasteiger partial charge in [-0.3, -0.25) is 14.2 Å². The van der Waals surface area contributed by atoms with Gasteiger partial charge in [-0.25, -0.2) is 13.8 Å². The average Bonchev–Trinajstić information content (AvgIpc) is 3.05. The number of carbonyl (C=O) groups excluding carboxylic acids is 1. The Balaban J connectivity index is 1.86. The third-order valence-electron chi connectivity index (χ3n) is 5.16. The molecular formula is C16H21F2N3O2. The van der Waals surface area contributed by atoms with E-state index in [1.54, 1.807) is 0 Å². The first-order valence-corrected chi connectivity index (χ1v) is 8.14. The summed E-state index contributed by atoms with van der Waals surface area (Å²) in [5.74, 6) is -0.475. The zero-order chi connectivity index (χ0) is 16.6. The molecule has 0 atom stereocenters. The Morgan fingerprint density at radius 3 is 2.70 bits per heavy atom. The highest BCUT2D eigenvalue weighted by Crippen LogP contribution is 2.45. The summed E-state index contributed by atoms with van der Waals surface area (Å²) >= 11 is 0. The zero-order valence-electron chi connectivity index (χ0n) is 13.2.